The van der Waals surface area contributed by atoms with Crippen LogP contribution in [0.3, 0.4) is 0 Å². The van der Waals surface area contributed by atoms with E-state index in [1.807, 2.05) is 17.0 Å². The van der Waals surface area contributed by atoms with Crippen molar-refractivity contribution >= 4 is 21.8 Å². The van der Waals surface area contributed by atoms with Gasteiger partial charge in [0, 0.05) is 24.0 Å². The number of halogens is 1. The zero-order chi connectivity index (χ0) is 13.7. The van der Waals surface area contributed by atoms with Crippen LogP contribution in [-0.4, -0.2) is 29.2 Å². The molecule has 2 rings (SSSR count). The molecule has 0 radical (unpaired) electrons. The molecule has 1 fully saturated rings. The van der Waals surface area contributed by atoms with Gasteiger partial charge in [-0.3, -0.25) is 4.79 Å². The number of likely N-dealkylation sites (tertiary alicyclic amines) is 1. The lowest BCUT2D eigenvalue weighted by molar-refractivity contribution is 0.0672. The highest BCUT2D eigenvalue weighted by Crippen LogP contribution is 2.22. The summed E-state index contributed by atoms with van der Waals surface area (Å²) in [6.45, 7) is 3.96. The van der Waals surface area contributed by atoms with E-state index in [0.717, 1.165) is 36.8 Å². The molecule has 1 aromatic rings. The Hall–Kier alpha value is -0.830. The van der Waals surface area contributed by atoms with Crippen LogP contribution in [0.1, 0.15) is 42.1 Å². The van der Waals surface area contributed by atoms with Crippen molar-refractivity contribution in [2.45, 2.75) is 32.6 Å². The summed E-state index contributed by atoms with van der Waals surface area (Å²) in [6, 6.07) is 8.06. The third kappa shape index (κ3) is 3.82. The zero-order valence-electron chi connectivity index (χ0n) is 11.6. The number of carbonyl (C=O) groups excluding carboxylic acids is 1. The number of nitrogens with zero attached hydrogens (tertiary/aromatic N) is 1. The fourth-order valence-corrected chi connectivity index (χ4v) is 3.35. The Kier molecular flexibility index (Phi) is 5.44. The van der Waals surface area contributed by atoms with Gasteiger partial charge < -0.3 is 4.90 Å². The normalized spacial score (nSPS) is 19.5. The molecule has 104 valence electrons. The summed E-state index contributed by atoms with van der Waals surface area (Å²) in [5.74, 6) is 0.855. The van der Waals surface area contributed by atoms with E-state index in [9.17, 15) is 4.79 Å². The number of amides is 1. The van der Waals surface area contributed by atoms with Gasteiger partial charge in [0.05, 0.1) is 0 Å². The second-order valence-electron chi connectivity index (χ2n) is 5.29. The molecule has 3 heteroatoms. The lowest BCUT2D eigenvalue weighted by Crippen LogP contribution is -2.40. The lowest BCUT2D eigenvalue weighted by atomic mass is 9.95. The molecular weight excluding hydrogens is 302 g/mol. The van der Waals surface area contributed by atoms with E-state index < -0.39 is 0 Å². The first-order valence-electron chi connectivity index (χ1n) is 7.18. The molecule has 19 heavy (non-hydrogen) atoms. The molecule has 1 aliphatic heterocycles. The van der Waals surface area contributed by atoms with Crippen LogP contribution in [0.2, 0.25) is 0 Å². The summed E-state index contributed by atoms with van der Waals surface area (Å²) in [5.41, 5.74) is 2.11. The number of hydrogen-bond acceptors (Lipinski definition) is 1. The van der Waals surface area contributed by atoms with E-state index in [1.165, 1.54) is 18.4 Å². The molecule has 0 aromatic heterocycles. The van der Waals surface area contributed by atoms with Crippen LogP contribution < -0.4 is 0 Å². The zero-order valence-corrected chi connectivity index (χ0v) is 13.2. The minimum absolute atomic E-state index is 0.196. The van der Waals surface area contributed by atoms with E-state index in [4.69, 9.17) is 0 Å². The third-order valence-electron chi connectivity index (χ3n) is 3.93. The van der Waals surface area contributed by atoms with Crippen molar-refractivity contribution < 1.29 is 4.79 Å². The van der Waals surface area contributed by atoms with E-state index in [-0.39, 0.29) is 5.91 Å². The Bertz CT molecular complexity index is 413. The Morgan fingerprint density at radius 3 is 2.74 bits per heavy atom. The highest BCUT2D eigenvalue weighted by Gasteiger charge is 2.23. The van der Waals surface area contributed by atoms with Gasteiger partial charge in [-0.2, -0.15) is 0 Å². The van der Waals surface area contributed by atoms with Gasteiger partial charge >= 0.3 is 0 Å². The summed E-state index contributed by atoms with van der Waals surface area (Å²) in [6.07, 6.45) is 4.57. The summed E-state index contributed by atoms with van der Waals surface area (Å²) in [4.78, 5) is 14.5. The maximum absolute atomic E-state index is 12.5. The van der Waals surface area contributed by atoms with Crippen LogP contribution in [0.25, 0.3) is 0 Å². The first-order valence-corrected chi connectivity index (χ1v) is 8.31. The predicted octanol–water partition coefficient (Wildman–Crippen LogP) is 3.89. The second-order valence-corrected chi connectivity index (χ2v) is 6.08. The van der Waals surface area contributed by atoms with Gasteiger partial charge in [0.1, 0.15) is 0 Å². The quantitative estimate of drug-likeness (QED) is 0.770. The molecular formula is C16H22BrNO. The molecule has 1 amide bonds. The number of aryl methyl sites for hydroxylation is 1. The van der Waals surface area contributed by atoms with E-state index in [0.29, 0.717) is 5.92 Å². The largest absolute Gasteiger partial charge is 0.338 e. The molecule has 1 unspecified atom stereocenters. The topological polar surface area (TPSA) is 20.3 Å². The maximum atomic E-state index is 12.5. The number of alkyl halides is 1. The van der Waals surface area contributed by atoms with E-state index in [2.05, 4.69) is 35.0 Å². The number of piperidine rings is 1. The Balaban J connectivity index is 2.01. The van der Waals surface area contributed by atoms with Crippen molar-refractivity contribution in [3.63, 3.8) is 0 Å². The lowest BCUT2D eigenvalue weighted by Gasteiger charge is -2.32. The second kappa shape index (κ2) is 7.09. The van der Waals surface area contributed by atoms with Crippen molar-refractivity contribution in [3.05, 3.63) is 35.4 Å². The molecule has 0 N–H and O–H groups in total. The van der Waals surface area contributed by atoms with Gasteiger partial charge in [-0.25, -0.2) is 0 Å². The molecule has 1 heterocycles. The number of carbonyl (C=O) groups is 1. The van der Waals surface area contributed by atoms with Gasteiger partial charge in [0.2, 0.25) is 0 Å². The number of rotatable bonds is 4. The van der Waals surface area contributed by atoms with Crippen LogP contribution in [0, 0.1) is 5.92 Å². The van der Waals surface area contributed by atoms with Crippen molar-refractivity contribution in [2.75, 3.05) is 18.4 Å². The molecule has 1 saturated heterocycles. The first-order chi connectivity index (χ1) is 9.24. The average Bonchev–Trinajstić information content (AvgIpc) is 2.47. The van der Waals surface area contributed by atoms with Gasteiger partial charge in [0.25, 0.3) is 5.91 Å². The summed E-state index contributed by atoms with van der Waals surface area (Å²) >= 11 is 3.50. The van der Waals surface area contributed by atoms with E-state index >= 15 is 0 Å². The third-order valence-corrected chi connectivity index (χ3v) is 4.39. The Morgan fingerprint density at radius 1 is 1.37 bits per heavy atom. The standard InChI is InChI=1S/C16H22BrNO/c1-2-13-5-7-15(8-6-13)16(19)18-11-3-4-14(12-18)9-10-17/h5-8,14H,2-4,9-12H2,1H3. The van der Waals surface area contributed by atoms with Crippen molar-refractivity contribution in [2.24, 2.45) is 5.92 Å². The molecule has 0 bridgehead atoms. The van der Waals surface area contributed by atoms with Crippen molar-refractivity contribution in [3.8, 4) is 0 Å². The molecule has 2 nitrogen and oxygen atoms in total. The van der Waals surface area contributed by atoms with Crippen LogP contribution in [0.4, 0.5) is 0 Å². The molecule has 1 atom stereocenters. The van der Waals surface area contributed by atoms with Gasteiger partial charge in [-0.1, -0.05) is 35.0 Å². The average molecular weight is 324 g/mol. The van der Waals surface area contributed by atoms with Crippen LogP contribution in [-0.2, 0) is 6.42 Å². The van der Waals surface area contributed by atoms with Crippen molar-refractivity contribution in [1.29, 1.82) is 0 Å². The predicted molar refractivity (Wildman–Crippen MR) is 82.9 cm³/mol. The number of benzene rings is 1. The summed E-state index contributed by atoms with van der Waals surface area (Å²) < 4.78 is 0. The van der Waals surface area contributed by atoms with Crippen LogP contribution in [0.5, 0.6) is 0 Å². The van der Waals surface area contributed by atoms with Crippen LogP contribution >= 0.6 is 15.9 Å². The molecule has 0 aliphatic carbocycles. The van der Waals surface area contributed by atoms with Crippen LogP contribution in [0.15, 0.2) is 24.3 Å². The molecule has 1 aromatic carbocycles. The van der Waals surface area contributed by atoms with Gasteiger partial charge in [0.15, 0.2) is 0 Å². The van der Waals surface area contributed by atoms with Gasteiger partial charge in [-0.15, -0.1) is 0 Å². The van der Waals surface area contributed by atoms with Crippen molar-refractivity contribution in [1.82, 2.24) is 4.90 Å². The summed E-state index contributed by atoms with van der Waals surface area (Å²) in [5, 5.41) is 1.03. The summed E-state index contributed by atoms with van der Waals surface area (Å²) in [7, 11) is 0. The highest BCUT2D eigenvalue weighted by atomic mass is 79.9. The highest BCUT2D eigenvalue weighted by molar-refractivity contribution is 9.09. The minimum Gasteiger partial charge on any atom is -0.338 e. The van der Waals surface area contributed by atoms with Gasteiger partial charge in [-0.05, 0) is 49.3 Å². The molecule has 1 aliphatic rings. The van der Waals surface area contributed by atoms with E-state index in [1.54, 1.807) is 0 Å². The Labute approximate surface area is 124 Å². The monoisotopic (exact) mass is 323 g/mol. The smallest absolute Gasteiger partial charge is 0.253 e. The fourth-order valence-electron chi connectivity index (χ4n) is 2.71. The SMILES string of the molecule is CCc1ccc(C(=O)N2CCCC(CCBr)C2)cc1. The number of hydrogen-bond donors (Lipinski definition) is 0. The maximum Gasteiger partial charge on any atom is 0.253 e. The fraction of sp³-hybridized carbons (Fsp3) is 0.562. The minimum atomic E-state index is 0.196. The molecule has 0 saturated carbocycles. The Morgan fingerprint density at radius 2 is 2.11 bits per heavy atom. The molecule has 0 spiro atoms. The first kappa shape index (κ1) is 14.6.